The third kappa shape index (κ3) is 3.08. The van der Waals surface area contributed by atoms with Crippen molar-refractivity contribution in [2.24, 2.45) is 5.73 Å². The predicted molar refractivity (Wildman–Crippen MR) is 87.3 cm³/mol. The molecule has 0 radical (unpaired) electrons. The largest absolute Gasteiger partial charge is 0.497 e. The van der Waals surface area contributed by atoms with Crippen molar-refractivity contribution in [3.63, 3.8) is 0 Å². The van der Waals surface area contributed by atoms with Gasteiger partial charge in [0.1, 0.15) is 23.3 Å². The van der Waals surface area contributed by atoms with E-state index >= 15 is 0 Å². The average molecular weight is 325 g/mol. The lowest BCUT2D eigenvalue weighted by Gasteiger charge is -2.04. The highest BCUT2D eigenvalue weighted by atomic mass is 16.5. The quantitative estimate of drug-likeness (QED) is 0.703. The molecule has 24 heavy (non-hydrogen) atoms. The van der Waals surface area contributed by atoms with Gasteiger partial charge < -0.3 is 19.6 Å². The second-order valence-electron chi connectivity index (χ2n) is 5.12. The number of methoxy groups -OCH3 is 1. The van der Waals surface area contributed by atoms with Crippen molar-refractivity contribution in [3.8, 4) is 11.5 Å². The van der Waals surface area contributed by atoms with Crippen LogP contribution in [0.25, 0.3) is 11.0 Å². The molecule has 0 fully saturated rings. The molecule has 0 spiro atoms. The number of ketones is 1. The van der Waals surface area contributed by atoms with E-state index in [9.17, 15) is 9.59 Å². The smallest absolute Gasteiger partial charge is 0.255 e. The van der Waals surface area contributed by atoms with E-state index in [0.29, 0.717) is 33.6 Å². The summed E-state index contributed by atoms with van der Waals surface area (Å²) >= 11 is 0. The van der Waals surface area contributed by atoms with Gasteiger partial charge in [-0.05, 0) is 42.5 Å². The lowest BCUT2D eigenvalue weighted by atomic mass is 10.0. The number of benzene rings is 2. The molecule has 1 heterocycles. The maximum Gasteiger partial charge on any atom is 0.255 e. The number of hydrogen-bond donors (Lipinski definition) is 1. The molecule has 0 aliphatic carbocycles. The molecular weight excluding hydrogens is 310 g/mol. The average Bonchev–Trinajstić information content (AvgIpc) is 3.02. The summed E-state index contributed by atoms with van der Waals surface area (Å²) in [6, 6.07) is 11.8. The van der Waals surface area contributed by atoms with Gasteiger partial charge in [0.25, 0.3) is 5.91 Å². The van der Waals surface area contributed by atoms with Crippen LogP contribution in [0.4, 0.5) is 0 Å². The van der Waals surface area contributed by atoms with Crippen molar-refractivity contribution in [2.75, 3.05) is 13.7 Å². The number of nitrogens with two attached hydrogens (primary N) is 1. The number of primary amides is 1. The van der Waals surface area contributed by atoms with Crippen LogP contribution in [0, 0.1) is 0 Å². The van der Waals surface area contributed by atoms with E-state index in [0.717, 1.165) is 0 Å². The standard InChI is InChI=1S/C18H15NO5/c1-22-12-4-2-11(3-5-12)18(21)15-9-24-16-7-6-13(8-14(15)16)23-10-17(19)20/h2-9H,10H2,1H3,(H2,19,20). The molecule has 0 saturated carbocycles. The van der Waals surface area contributed by atoms with Gasteiger partial charge >= 0.3 is 0 Å². The first kappa shape index (κ1) is 15.6. The summed E-state index contributed by atoms with van der Waals surface area (Å²) in [5, 5.41) is 0.609. The molecule has 1 aromatic heterocycles. The number of carbonyl (C=O) groups is 2. The molecule has 1 amide bonds. The van der Waals surface area contributed by atoms with Gasteiger partial charge in [0.05, 0.1) is 12.7 Å². The van der Waals surface area contributed by atoms with E-state index < -0.39 is 5.91 Å². The molecule has 0 saturated heterocycles. The van der Waals surface area contributed by atoms with Crippen molar-refractivity contribution in [2.45, 2.75) is 0 Å². The number of carbonyl (C=O) groups excluding carboxylic acids is 2. The second-order valence-corrected chi connectivity index (χ2v) is 5.12. The van der Waals surface area contributed by atoms with Crippen LogP contribution in [0.2, 0.25) is 0 Å². The van der Waals surface area contributed by atoms with Gasteiger partial charge in [-0.25, -0.2) is 0 Å². The third-order valence-corrected chi connectivity index (χ3v) is 3.52. The Morgan fingerprint density at radius 3 is 2.46 bits per heavy atom. The number of rotatable bonds is 6. The van der Waals surface area contributed by atoms with Crippen LogP contribution in [0.3, 0.4) is 0 Å². The van der Waals surface area contributed by atoms with E-state index in [2.05, 4.69) is 0 Å². The number of fused-ring (bicyclic) bond motifs is 1. The fourth-order valence-corrected chi connectivity index (χ4v) is 2.33. The molecule has 2 N–H and O–H groups in total. The van der Waals surface area contributed by atoms with Gasteiger partial charge in [-0.3, -0.25) is 9.59 Å². The summed E-state index contributed by atoms with van der Waals surface area (Å²) in [4.78, 5) is 23.5. The van der Waals surface area contributed by atoms with E-state index in [1.165, 1.54) is 6.26 Å². The maximum absolute atomic E-state index is 12.7. The van der Waals surface area contributed by atoms with Gasteiger partial charge in [-0.1, -0.05) is 0 Å². The zero-order valence-corrected chi connectivity index (χ0v) is 12.9. The first-order valence-electron chi connectivity index (χ1n) is 7.19. The normalized spacial score (nSPS) is 10.5. The topological polar surface area (TPSA) is 91.8 Å². The number of ether oxygens (including phenoxy) is 2. The zero-order valence-electron chi connectivity index (χ0n) is 12.9. The highest BCUT2D eigenvalue weighted by Gasteiger charge is 2.16. The Kier molecular flexibility index (Phi) is 4.20. The number of amides is 1. The summed E-state index contributed by atoms with van der Waals surface area (Å²) in [5.74, 6) is 0.359. The SMILES string of the molecule is COc1ccc(C(=O)c2coc3ccc(OCC(N)=O)cc23)cc1. The minimum atomic E-state index is -0.572. The first-order chi connectivity index (χ1) is 11.6. The minimum Gasteiger partial charge on any atom is -0.497 e. The molecule has 0 aliphatic rings. The van der Waals surface area contributed by atoms with Gasteiger partial charge in [-0.15, -0.1) is 0 Å². The van der Waals surface area contributed by atoms with Crippen molar-refractivity contribution in [1.29, 1.82) is 0 Å². The lowest BCUT2D eigenvalue weighted by molar-refractivity contribution is -0.119. The van der Waals surface area contributed by atoms with Crippen molar-refractivity contribution >= 4 is 22.7 Å². The van der Waals surface area contributed by atoms with Gasteiger partial charge in [-0.2, -0.15) is 0 Å². The van der Waals surface area contributed by atoms with Crippen LogP contribution >= 0.6 is 0 Å². The summed E-state index contributed by atoms with van der Waals surface area (Å²) in [6.07, 6.45) is 1.41. The first-order valence-corrected chi connectivity index (χ1v) is 7.19. The van der Waals surface area contributed by atoms with Crippen LogP contribution in [0.5, 0.6) is 11.5 Å². The Bertz CT molecular complexity index is 895. The van der Waals surface area contributed by atoms with Gasteiger partial charge in [0, 0.05) is 10.9 Å². The predicted octanol–water partition coefficient (Wildman–Crippen LogP) is 2.54. The Labute approximate surface area is 137 Å². The molecule has 122 valence electrons. The van der Waals surface area contributed by atoms with E-state index in [4.69, 9.17) is 19.6 Å². The van der Waals surface area contributed by atoms with Crippen molar-refractivity contribution in [3.05, 3.63) is 59.9 Å². The molecular formula is C18H15NO5. The Hall–Kier alpha value is -3.28. The maximum atomic E-state index is 12.7. The van der Waals surface area contributed by atoms with Crippen LogP contribution in [-0.2, 0) is 4.79 Å². The van der Waals surface area contributed by atoms with E-state index in [1.54, 1.807) is 49.6 Å². The second kappa shape index (κ2) is 6.45. The third-order valence-electron chi connectivity index (χ3n) is 3.52. The molecule has 3 aromatic rings. The molecule has 0 bridgehead atoms. The van der Waals surface area contributed by atoms with Gasteiger partial charge in [0.15, 0.2) is 12.4 Å². The van der Waals surface area contributed by atoms with E-state index in [1.807, 2.05) is 0 Å². The molecule has 3 rings (SSSR count). The molecule has 6 heteroatoms. The fourth-order valence-electron chi connectivity index (χ4n) is 2.33. The monoisotopic (exact) mass is 325 g/mol. The summed E-state index contributed by atoms with van der Waals surface area (Å²) in [6.45, 7) is -0.231. The Balaban J connectivity index is 1.94. The van der Waals surface area contributed by atoms with E-state index in [-0.39, 0.29) is 12.4 Å². The minimum absolute atomic E-state index is 0.177. The molecule has 2 aromatic carbocycles. The highest BCUT2D eigenvalue weighted by Crippen LogP contribution is 2.28. The summed E-state index contributed by atoms with van der Waals surface area (Å²) in [7, 11) is 1.56. The van der Waals surface area contributed by atoms with Crippen LogP contribution < -0.4 is 15.2 Å². The van der Waals surface area contributed by atoms with Crippen LogP contribution in [0.15, 0.2) is 53.1 Å². The number of hydrogen-bond acceptors (Lipinski definition) is 5. The Morgan fingerprint density at radius 2 is 1.79 bits per heavy atom. The molecule has 0 unspecified atom stereocenters. The van der Waals surface area contributed by atoms with Crippen molar-refractivity contribution < 1.29 is 23.5 Å². The molecule has 0 aliphatic heterocycles. The summed E-state index contributed by atoms with van der Waals surface area (Å²) < 4.78 is 15.8. The molecule has 0 atom stereocenters. The molecule has 6 nitrogen and oxygen atoms in total. The number of furan rings is 1. The Morgan fingerprint density at radius 1 is 1.08 bits per heavy atom. The van der Waals surface area contributed by atoms with Crippen molar-refractivity contribution in [1.82, 2.24) is 0 Å². The fraction of sp³-hybridized carbons (Fsp3) is 0.111. The van der Waals surface area contributed by atoms with Gasteiger partial charge in [0.2, 0.25) is 0 Å². The zero-order chi connectivity index (χ0) is 17.1. The highest BCUT2D eigenvalue weighted by molar-refractivity contribution is 6.16. The van der Waals surface area contributed by atoms with Crippen LogP contribution in [0.1, 0.15) is 15.9 Å². The van der Waals surface area contributed by atoms with Crippen LogP contribution in [-0.4, -0.2) is 25.4 Å². The lowest BCUT2D eigenvalue weighted by Crippen LogP contribution is -2.19. The summed E-state index contributed by atoms with van der Waals surface area (Å²) in [5.41, 5.74) is 6.55.